The molecule has 140 valence electrons. The fraction of sp³-hybridized carbons (Fsp3) is 0.350. The number of ether oxygens (including phenoxy) is 4. The predicted octanol–water partition coefficient (Wildman–Crippen LogP) is 3.05. The monoisotopic (exact) mass is 359 g/mol. The van der Waals surface area contributed by atoms with Crippen molar-refractivity contribution in [1.82, 2.24) is 5.32 Å². The molecule has 0 fully saturated rings. The van der Waals surface area contributed by atoms with Gasteiger partial charge in [-0.25, -0.2) is 0 Å². The minimum atomic E-state index is -0.203. The zero-order valence-corrected chi connectivity index (χ0v) is 15.4. The number of benzene rings is 2. The van der Waals surface area contributed by atoms with Gasteiger partial charge in [0.1, 0.15) is 12.4 Å². The van der Waals surface area contributed by atoms with E-state index in [1.807, 2.05) is 31.2 Å². The number of hydrogen-bond acceptors (Lipinski definition) is 5. The molecule has 0 heterocycles. The number of rotatable bonds is 10. The molecule has 0 spiro atoms. The second-order valence-corrected chi connectivity index (χ2v) is 5.44. The molecule has 0 aliphatic heterocycles. The third-order valence-corrected chi connectivity index (χ3v) is 3.66. The van der Waals surface area contributed by atoms with Gasteiger partial charge in [-0.15, -0.1) is 0 Å². The molecule has 26 heavy (non-hydrogen) atoms. The molecule has 1 N–H and O–H groups in total. The molecular weight excluding hydrogens is 334 g/mol. The van der Waals surface area contributed by atoms with Gasteiger partial charge in [0.15, 0.2) is 11.5 Å². The van der Waals surface area contributed by atoms with Crippen LogP contribution in [0.2, 0.25) is 0 Å². The minimum absolute atomic E-state index is 0.203. The normalized spacial score (nSPS) is 10.3. The quantitative estimate of drug-likeness (QED) is 0.661. The van der Waals surface area contributed by atoms with E-state index in [2.05, 4.69) is 5.32 Å². The van der Waals surface area contributed by atoms with Crippen molar-refractivity contribution in [3.05, 3.63) is 53.6 Å². The van der Waals surface area contributed by atoms with Crippen LogP contribution in [-0.4, -0.2) is 39.9 Å². The summed E-state index contributed by atoms with van der Waals surface area (Å²) in [5.74, 6) is 1.65. The van der Waals surface area contributed by atoms with Gasteiger partial charge in [0.2, 0.25) is 0 Å². The van der Waals surface area contributed by atoms with Crippen LogP contribution in [0.1, 0.15) is 22.8 Å². The van der Waals surface area contributed by atoms with Crippen molar-refractivity contribution in [2.75, 3.05) is 34.0 Å². The van der Waals surface area contributed by atoms with Gasteiger partial charge in [0.25, 0.3) is 5.91 Å². The molecule has 0 radical (unpaired) electrons. The molecule has 2 aromatic carbocycles. The summed E-state index contributed by atoms with van der Waals surface area (Å²) in [4.78, 5) is 12.5. The number of carbonyl (C=O) groups excluding carboxylic acids is 1. The SMILES string of the molecule is CCOc1ccc(CNC(=O)c2ccccc2OCCOC)cc1OC. The van der Waals surface area contributed by atoms with Crippen LogP contribution in [0.4, 0.5) is 0 Å². The summed E-state index contributed by atoms with van der Waals surface area (Å²) >= 11 is 0. The number of amides is 1. The highest BCUT2D eigenvalue weighted by Gasteiger charge is 2.12. The Balaban J connectivity index is 2.02. The average molecular weight is 359 g/mol. The summed E-state index contributed by atoms with van der Waals surface area (Å²) in [6.45, 7) is 3.69. The fourth-order valence-corrected chi connectivity index (χ4v) is 2.39. The first-order valence-corrected chi connectivity index (χ1v) is 8.48. The van der Waals surface area contributed by atoms with Gasteiger partial charge in [0.05, 0.1) is 25.9 Å². The van der Waals surface area contributed by atoms with E-state index < -0.39 is 0 Å². The fourth-order valence-electron chi connectivity index (χ4n) is 2.39. The standard InChI is InChI=1S/C20H25NO5/c1-4-25-18-10-9-15(13-19(18)24-3)14-21-20(22)16-7-5-6-8-17(16)26-12-11-23-2/h5-10,13H,4,11-12,14H2,1-3H3,(H,21,22). The molecular formula is C20H25NO5. The second-order valence-electron chi connectivity index (χ2n) is 5.44. The largest absolute Gasteiger partial charge is 0.493 e. The van der Waals surface area contributed by atoms with Gasteiger partial charge in [-0.3, -0.25) is 4.79 Å². The van der Waals surface area contributed by atoms with E-state index in [4.69, 9.17) is 18.9 Å². The Hall–Kier alpha value is -2.73. The van der Waals surface area contributed by atoms with E-state index in [1.165, 1.54) is 0 Å². The number of para-hydroxylation sites is 1. The van der Waals surface area contributed by atoms with Crippen molar-refractivity contribution in [3.8, 4) is 17.2 Å². The summed E-state index contributed by atoms with van der Waals surface area (Å²) in [6.07, 6.45) is 0. The topological polar surface area (TPSA) is 66.0 Å². The van der Waals surface area contributed by atoms with Crippen LogP contribution in [0.25, 0.3) is 0 Å². The predicted molar refractivity (Wildman–Crippen MR) is 99.1 cm³/mol. The third-order valence-electron chi connectivity index (χ3n) is 3.66. The van der Waals surface area contributed by atoms with E-state index in [9.17, 15) is 4.79 Å². The van der Waals surface area contributed by atoms with Crippen LogP contribution in [0, 0.1) is 0 Å². The number of methoxy groups -OCH3 is 2. The molecule has 0 saturated carbocycles. The Morgan fingerprint density at radius 1 is 0.962 bits per heavy atom. The maximum Gasteiger partial charge on any atom is 0.255 e. The van der Waals surface area contributed by atoms with Gasteiger partial charge in [-0.05, 0) is 36.8 Å². The van der Waals surface area contributed by atoms with Gasteiger partial charge >= 0.3 is 0 Å². The van der Waals surface area contributed by atoms with Crippen LogP contribution >= 0.6 is 0 Å². The van der Waals surface area contributed by atoms with Gasteiger partial charge in [0, 0.05) is 13.7 Å². The van der Waals surface area contributed by atoms with Crippen LogP contribution in [0.5, 0.6) is 17.2 Å². The molecule has 2 rings (SSSR count). The van der Waals surface area contributed by atoms with Crippen molar-refractivity contribution in [2.24, 2.45) is 0 Å². The molecule has 6 heteroatoms. The Bertz CT molecular complexity index is 717. The van der Waals surface area contributed by atoms with E-state index in [0.717, 1.165) is 5.56 Å². The zero-order chi connectivity index (χ0) is 18.8. The second kappa shape index (κ2) is 10.3. The lowest BCUT2D eigenvalue weighted by molar-refractivity contribution is 0.0943. The lowest BCUT2D eigenvalue weighted by Crippen LogP contribution is -2.23. The molecule has 0 aliphatic rings. The smallest absolute Gasteiger partial charge is 0.255 e. The molecule has 0 aliphatic carbocycles. The van der Waals surface area contributed by atoms with E-state index >= 15 is 0 Å². The lowest BCUT2D eigenvalue weighted by Gasteiger charge is -2.13. The number of nitrogens with one attached hydrogen (secondary N) is 1. The van der Waals surface area contributed by atoms with Crippen LogP contribution < -0.4 is 19.5 Å². The number of carbonyl (C=O) groups is 1. The Morgan fingerprint density at radius 3 is 2.50 bits per heavy atom. The first-order valence-electron chi connectivity index (χ1n) is 8.48. The van der Waals surface area contributed by atoms with E-state index in [0.29, 0.717) is 49.2 Å². The summed E-state index contributed by atoms with van der Waals surface area (Å²) in [6, 6.07) is 12.7. The zero-order valence-electron chi connectivity index (χ0n) is 15.4. The van der Waals surface area contributed by atoms with Crippen LogP contribution in [-0.2, 0) is 11.3 Å². The highest BCUT2D eigenvalue weighted by Crippen LogP contribution is 2.28. The van der Waals surface area contributed by atoms with Gasteiger partial charge in [-0.1, -0.05) is 18.2 Å². The molecule has 0 aromatic heterocycles. The Kier molecular flexibility index (Phi) is 7.76. The Morgan fingerprint density at radius 2 is 1.77 bits per heavy atom. The lowest BCUT2D eigenvalue weighted by atomic mass is 10.1. The molecule has 1 amide bonds. The third kappa shape index (κ3) is 5.39. The summed E-state index contributed by atoms with van der Waals surface area (Å²) in [7, 11) is 3.20. The molecule has 6 nitrogen and oxygen atoms in total. The Labute approximate surface area is 154 Å². The minimum Gasteiger partial charge on any atom is -0.493 e. The number of hydrogen-bond donors (Lipinski definition) is 1. The van der Waals surface area contributed by atoms with Gasteiger partial charge < -0.3 is 24.3 Å². The molecule has 0 atom stereocenters. The molecule has 0 bridgehead atoms. The van der Waals surface area contributed by atoms with Crippen molar-refractivity contribution in [2.45, 2.75) is 13.5 Å². The highest BCUT2D eigenvalue weighted by molar-refractivity contribution is 5.96. The molecule has 0 unspecified atom stereocenters. The molecule has 0 saturated heterocycles. The van der Waals surface area contributed by atoms with Crippen LogP contribution in [0.15, 0.2) is 42.5 Å². The highest BCUT2D eigenvalue weighted by atomic mass is 16.5. The van der Waals surface area contributed by atoms with Crippen LogP contribution in [0.3, 0.4) is 0 Å². The van der Waals surface area contributed by atoms with Gasteiger partial charge in [-0.2, -0.15) is 0 Å². The van der Waals surface area contributed by atoms with E-state index in [-0.39, 0.29) is 5.91 Å². The van der Waals surface area contributed by atoms with Crippen molar-refractivity contribution >= 4 is 5.91 Å². The van der Waals surface area contributed by atoms with Crippen molar-refractivity contribution in [1.29, 1.82) is 0 Å². The molecule has 2 aromatic rings. The van der Waals surface area contributed by atoms with Crippen molar-refractivity contribution in [3.63, 3.8) is 0 Å². The van der Waals surface area contributed by atoms with E-state index in [1.54, 1.807) is 32.4 Å². The van der Waals surface area contributed by atoms with Crippen molar-refractivity contribution < 1.29 is 23.7 Å². The summed E-state index contributed by atoms with van der Waals surface area (Å²) in [5, 5.41) is 2.90. The summed E-state index contributed by atoms with van der Waals surface area (Å²) in [5.41, 5.74) is 1.40. The first kappa shape index (κ1) is 19.6. The maximum absolute atomic E-state index is 12.5. The summed E-state index contributed by atoms with van der Waals surface area (Å²) < 4.78 is 21.4. The maximum atomic E-state index is 12.5. The first-order chi connectivity index (χ1) is 12.7. The average Bonchev–Trinajstić information content (AvgIpc) is 2.67.